The molecule has 0 aliphatic carbocycles. The predicted octanol–water partition coefficient (Wildman–Crippen LogP) is 5.68. The van der Waals surface area contributed by atoms with E-state index in [2.05, 4.69) is 0 Å². The molecule has 0 radical (unpaired) electrons. The second-order valence-electron chi connectivity index (χ2n) is 6.80. The van der Waals surface area contributed by atoms with Gasteiger partial charge in [-0.25, -0.2) is 8.42 Å². The summed E-state index contributed by atoms with van der Waals surface area (Å²) < 4.78 is 27.9. The number of para-hydroxylation sites is 1. The third kappa shape index (κ3) is 3.88. The Morgan fingerprint density at radius 2 is 1.73 bits per heavy atom. The van der Waals surface area contributed by atoms with Crippen molar-refractivity contribution in [3.05, 3.63) is 106 Å². The molecule has 0 atom stereocenters. The van der Waals surface area contributed by atoms with Crippen LogP contribution in [0, 0.1) is 11.3 Å². The molecule has 30 heavy (non-hydrogen) atoms. The topological polar surface area (TPSA) is 62.9 Å². The van der Waals surface area contributed by atoms with Crippen LogP contribution >= 0.6 is 11.6 Å². The van der Waals surface area contributed by atoms with E-state index in [1.165, 1.54) is 18.2 Å². The van der Waals surface area contributed by atoms with Crippen molar-refractivity contribution >= 4 is 38.4 Å². The summed E-state index contributed by atoms with van der Waals surface area (Å²) in [5, 5.41) is 11.1. The van der Waals surface area contributed by atoms with Crippen molar-refractivity contribution in [3.63, 3.8) is 0 Å². The molecule has 6 heteroatoms. The van der Waals surface area contributed by atoms with Crippen molar-refractivity contribution in [3.8, 4) is 6.07 Å². The molecule has 1 aromatic heterocycles. The highest BCUT2D eigenvalue weighted by Gasteiger charge is 2.21. The molecule has 0 amide bonds. The number of rotatable bonds is 5. The summed E-state index contributed by atoms with van der Waals surface area (Å²) >= 11 is 6.11. The highest BCUT2D eigenvalue weighted by atomic mass is 35.5. The van der Waals surface area contributed by atoms with E-state index < -0.39 is 9.84 Å². The first-order chi connectivity index (χ1) is 14.5. The minimum Gasteiger partial charge on any atom is -0.342 e. The van der Waals surface area contributed by atoms with Crippen LogP contribution in [0.4, 0.5) is 0 Å². The summed E-state index contributed by atoms with van der Waals surface area (Å²) in [5.74, 6) is 0. The Hall–Kier alpha value is -3.33. The van der Waals surface area contributed by atoms with Crippen LogP contribution < -0.4 is 0 Å². The highest BCUT2D eigenvalue weighted by molar-refractivity contribution is 7.95. The Balaban J connectivity index is 1.82. The largest absolute Gasteiger partial charge is 0.342 e. The molecule has 0 unspecified atom stereocenters. The van der Waals surface area contributed by atoms with Crippen LogP contribution in [0.1, 0.15) is 11.1 Å². The van der Waals surface area contributed by atoms with Gasteiger partial charge in [-0.1, -0.05) is 60.1 Å². The minimum absolute atomic E-state index is 0.0977. The standard InChI is InChI=1S/C24H17ClN2O2S/c25-20-8-6-7-18(13-20)16-27-17-19(23-11-4-5-12-24(23)27)14-22(15-26)30(28,29)21-9-2-1-3-10-21/h1-14,17H,16H2. The van der Waals surface area contributed by atoms with Crippen molar-refractivity contribution in [2.24, 2.45) is 0 Å². The van der Waals surface area contributed by atoms with Gasteiger partial charge in [0.25, 0.3) is 0 Å². The number of sulfone groups is 1. The van der Waals surface area contributed by atoms with Gasteiger partial charge in [0.05, 0.1) is 4.90 Å². The fourth-order valence-electron chi connectivity index (χ4n) is 3.39. The lowest BCUT2D eigenvalue weighted by molar-refractivity contribution is 0.603. The molecule has 4 aromatic rings. The van der Waals surface area contributed by atoms with Gasteiger partial charge in [-0.2, -0.15) is 5.26 Å². The van der Waals surface area contributed by atoms with E-state index in [0.29, 0.717) is 17.1 Å². The summed E-state index contributed by atoms with van der Waals surface area (Å²) in [6, 6.07) is 25.1. The van der Waals surface area contributed by atoms with Crippen LogP contribution in [0.5, 0.6) is 0 Å². The summed E-state index contributed by atoms with van der Waals surface area (Å²) in [6.45, 7) is 0.572. The average molecular weight is 433 g/mol. The normalized spacial score (nSPS) is 12.1. The molecule has 3 aromatic carbocycles. The number of hydrogen-bond acceptors (Lipinski definition) is 3. The smallest absolute Gasteiger partial charge is 0.216 e. The highest BCUT2D eigenvalue weighted by Crippen LogP contribution is 2.27. The summed E-state index contributed by atoms with van der Waals surface area (Å²) in [5.41, 5.74) is 2.64. The second kappa shape index (κ2) is 8.19. The van der Waals surface area contributed by atoms with Crippen molar-refractivity contribution in [1.82, 2.24) is 4.57 Å². The van der Waals surface area contributed by atoms with Gasteiger partial charge in [0, 0.05) is 34.2 Å². The first-order valence-corrected chi connectivity index (χ1v) is 11.1. The monoisotopic (exact) mass is 432 g/mol. The van der Waals surface area contributed by atoms with E-state index in [9.17, 15) is 13.7 Å². The number of nitrogens with zero attached hydrogens (tertiary/aromatic N) is 2. The van der Waals surface area contributed by atoms with Gasteiger partial charge in [0.15, 0.2) is 0 Å². The van der Waals surface area contributed by atoms with Crippen molar-refractivity contribution in [2.45, 2.75) is 11.4 Å². The predicted molar refractivity (Wildman–Crippen MR) is 120 cm³/mol. The maximum Gasteiger partial charge on any atom is 0.216 e. The van der Waals surface area contributed by atoms with Gasteiger partial charge >= 0.3 is 0 Å². The molecular formula is C24H17ClN2O2S. The first-order valence-electron chi connectivity index (χ1n) is 9.23. The molecule has 0 saturated carbocycles. The lowest BCUT2D eigenvalue weighted by Gasteiger charge is -2.05. The minimum atomic E-state index is -3.90. The van der Waals surface area contributed by atoms with Gasteiger partial charge < -0.3 is 4.57 Å². The van der Waals surface area contributed by atoms with E-state index in [1.807, 2.05) is 65.4 Å². The Morgan fingerprint density at radius 3 is 2.47 bits per heavy atom. The number of aromatic nitrogens is 1. The first kappa shape index (κ1) is 20.0. The summed E-state index contributed by atoms with van der Waals surface area (Å²) in [6.07, 6.45) is 3.31. The van der Waals surface area contributed by atoms with E-state index in [-0.39, 0.29) is 9.80 Å². The molecule has 0 spiro atoms. The lowest BCUT2D eigenvalue weighted by atomic mass is 10.1. The number of benzene rings is 3. The van der Waals surface area contributed by atoms with E-state index in [4.69, 9.17) is 11.6 Å². The van der Waals surface area contributed by atoms with Gasteiger partial charge in [0.1, 0.15) is 11.0 Å². The summed E-state index contributed by atoms with van der Waals surface area (Å²) in [7, 11) is -3.90. The van der Waals surface area contributed by atoms with E-state index in [0.717, 1.165) is 16.5 Å². The number of hydrogen-bond donors (Lipinski definition) is 0. The quantitative estimate of drug-likeness (QED) is 0.381. The Morgan fingerprint density at radius 1 is 1.00 bits per heavy atom. The van der Waals surface area contributed by atoms with Crippen molar-refractivity contribution in [2.75, 3.05) is 0 Å². The molecule has 148 valence electrons. The molecule has 1 heterocycles. The van der Waals surface area contributed by atoms with E-state index >= 15 is 0 Å². The molecule has 0 fully saturated rings. The number of fused-ring (bicyclic) bond motifs is 1. The molecular weight excluding hydrogens is 416 g/mol. The Bertz CT molecular complexity index is 1400. The van der Waals surface area contributed by atoms with Crippen LogP contribution in [0.2, 0.25) is 5.02 Å². The maximum atomic E-state index is 12.9. The third-order valence-corrected chi connectivity index (χ3v) is 6.72. The van der Waals surface area contributed by atoms with Crippen LogP contribution in [-0.2, 0) is 16.4 Å². The van der Waals surface area contributed by atoms with Crippen molar-refractivity contribution in [1.29, 1.82) is 5.26 Å². The molecule has 4 nitrogen and oxygen atoms in total. The molecule has 0 aliphatic rings. The Kier molecular flexibility index (Phi) is 5.45. The SMILES string of the molecule is N#CC(=Cc1cn(Cc2cccc(Cl)c2)c2ccccc12)S(=O)(=O)c1ccccc1. The van der Waals surface area contributed by atoms with Crippen LogP contribution in [0.3, 0.4) is 0 Å². The number of nitriles is 1. The van der Waals surface area contributed by atoms with Crippen LogP contribution in [-0.4, -0.2) is 13.0 Å². The fourth-order valence-corrected chi connectivity index (χ4v) is 4.78. The number of allylic oxidation sites excluding steroid dienone is 1. The van der Waals surface area contributed by atoms with Gasteiger partial charge in [0.2, 0.25) is 9.84 Å². The van der Waals surface area contributed by atoms with Crippen molar-refractivity contribution < 1.29 is 8.42 Å². The molecule has 4 rings (SSSR count). The maximum absolute atomic E-state index is 12.9. The lowest BCUT2D eigenvalue weighted by Crippen LogP contribution is -2.03. The Labute approximate surface area is 180 Å². The molecule has 0 bridgehead atoms. The second-order valence-corrected chi connectivity index (χ2v) is 9.15. The zero-order chi connectivity index (χ0) is 21.1. The molecule has 0 saturated heterocycles. The molecule has 0 N–H and O–H groups in total. The van der Waals surface area contributed by atoms with Gasteiger partial charge in [-0.15, -0.1) is 0 Å². The third-order valence-electron chi connectivity index (χ3n) is 4.80. The molecule has 0 aliphatic heterocycles. The fraction of sp³-hybridized carbons (Fsp3) is 0.0417. The van der Waals surface area contributed by atoms with Crippen LogP contribution in [0.15, 0.2) is 94.9 Å². The average Bonchev–Trinajstić information content (AvgIpc) is 3.10. The number of halogens is 1. The zero-order valence-corrected chi connectivity index (χ0v) is 17.4. The summed E-state index contributed by atoms with van der Waals surface area (Å²) in [4.78, 5) is -0.195. The van der Waals surface area contributed by atoms with E-state index in [1.54, 1.807) is 18.2 Å². The van der Waals surface area contributed by atoms with Gasteiger partial charge in [-0.05, 0) is 42.0 Å². The zero-order valence-electron chi connectivity index (χ0n) is 15.9. The van der Waals surface area contributed by atoms with Crippen LogP contribution in [0.25, 0.3) is 17.0 Å². The van der Waals surface area contributed by atoms with Gasteiger partial charge in [-0.3, -0.25) is 0 Å².